The highest BCUT2D eigenvalue weighted by molar-refractivity contribution is 5.87. The van der Waals surface area contributed by atoms with Gasteiger partial charge >= 0.3 is 5.97 Å². The summed E-state index contributed by atoms with van der Waals surface area (Å²) >= 11 is 0. The van der Waals surface area contributed by atoms with Crippen LogP contribution in [-0.4, -0.2) is 17.1 Å². The Hall–Kier alpha value is -2.13. The topological polar surface area (TPSA) is 49.3 Å². The van der Waals surface area contributed by atoms with Gasteiger partial charge in [0.25, 0.3) is 0 Å². The van der Waals surface area contributed by atoms with Gasteiger partial charge in [-0.25, -0.2) is 4.79 Å². The monoisotopic (exact) mass is 321 g/mol. The molecular weight excluding hydrogens is 298 g/mol. The van der Waals surface area contributed by atoms with Gasteiger partial charge in [-0.15, -0.1) is 0 Å². The molecular formula is C21H23NO2. The predicted octanol–water partition coefficient (Wildman–Crippen LogP) is 3.67. The number of nitrogens with one attached hydrogen (secondary N) is 1. The van der Waals surface area contributed by atoms with E-state index in [-0.39, 0.29) is 0 Å². The van der Waals surface area contributed by atoms with Gasteiger partial charge in [-0.3, -0.25) is 0 Å². The number of rotatable bonds is 4. The number of hydrogen-bond donors (Lipinski definition) is 2. The molecule has 2 aliphatic carbocycles. The Kier molecular flexibility index (Phi) is 4.11. The summed E-state index contributed by atoms with van der Waals surface area (Å²) in [5.41, 5.74) is 4.45. The number of carboxylic acids is 1. The lowest BCUT2D eigenvalue weighted by atomic mass is 9.94. The Labute approximate surface area is 142 Å². The van der Waals surface area contributed by atoms with Gasteiger partial charge in [-0.2, -0.15) is 0 Å². The van der Waals surface area contributed by atoms with E-state index in [1.165, 1.54) is 36.8 Å². The number of aromatic carboxylic acids is 1. The lowest BCUT2D eigenvalue weighted by molar-refractivity contribution is 0.0696. The van der Waals surface area contributed by atoms with Crippen LogP contribution in [0.4, 0.5) is 0 Å². The van der Waals surface area contributed by atoms with Crippen LogP contribution in [0.25, 0.3) is 0 Å². The molecule has 0 amide bonds. The molecule has 124 valence electrons. The Morgan fingerprint density at radius 3 is 2.29 bits per heavy atom. The van der Waals surface area contributed by atoms with Crippen LogP contribution in [-0.2, 0) is 19.4 Å². The van der Waals surface area contributed by atoms with E-state index in [9.17, 15) is 4.79 Å². The van der Waals surface area contributed by atoms with E-state index < -0.39 is 5.97 Å². The first kappa shape index (κ1) is 15.4. The first-order valence-electron chi connectivity index (χ1n) is 8.83. The fourth-order valence-electron chi connectivity index (χ4n) is 4.53. The summed E-state index contributed by atoms with van der Waals surface area (Å²) in [6.45, 7) is 0.745. The minimum Gasteiger partial charge on any atom is -0.478 e. The summed E-state index contributed by atoms with van der Waals surface area (Å²) in [6, 6.07) is 16.7. The van der Waals surface area contributed by atoms with E-state index in [2.05, 4.69) is 29.6 Å². The van der Waals surface area contributed by atoms with Gasteiger partial charge in [0, 0.05) is 12.6 Å². The number of carboxylic acid groups (broad SMARTS) is 1. The molecule has 0 spiro atoms. The predicted molar refractivity (Wildman–Crippen MR) is 94.1 cm³/mol. The largest absolute Gasteiger partial charge is 0.478 e. The van der Waals surface area contributed by atoms with E-state index in [4.69, 9.17) is 5.11 Å². The lowest BCUT2D eigenvalue weighted by Gasteiger charge is -2.24. The van der Waals surface area contributed by atoms with Crippen molar-refractivity contribution in [2.24, 2.45) is 11.8 Å². The highest BCUT2D eigenvalue weighted by atomic mass is 16.4. The van der Waals surface area contributed by atoms with E-state index in [1.54, 1.807) is 12.1 Å². The van der Waals surface area contributed by atoms with Crippen LogP contribution >= 0.6 is 0 Å². The zero-order valence-corrected chi connectivity index (χ0v) is 13.7. The average molecular weight is 321 g/mol. The second-order valence-corrected chi connectivity index (χ2v) is 7.19. The average Bonchev–Trinajstić information content (AvgIpc) is 2.87. The molecule has 2 bridgehead atoms. The van der Waals surface area contributed by atoms with Crippen molar-refractivity contribution in [3.8, 4) is 0 Å². The molecule has 3 nitrogen and oxygen atoms in total. The van der Waals surface area contributed by atoms with Gasteiger partial charge in [0.05, 0.1) is 5.56 Å². The van der Waals surface area contributed by atoms with Gasteiger partial charge in [0.2, 0.25) is 0 Å². The molecule has 2 aromatic rings. The Bertz CT molecular complexity index is 722. The molecule has 2 unspecified atom stereocenters. The van der Waals surface area contributed by atoms with Crippen molar-refractivity contribution in [1.29, 1.82) is 0 Å². The van der Waals surface area contributed by atoms with E-state index in [0.29, 0.717) is 23.4 Å². The van der Waals surface area contributed by atoms with E-state index >= 15 is 0 Å². The molecule has 0 radical (unpaired) electrons. The highest BCUT2D eigenvalue weighted by Crippen LogP contribution is 2.40. The minimum atomic E-state index is -0.859. The van der Waals surface area contributed by atoms with Crippen molar-refractivity contribution in [2.75, 3.05) is 0 Å². The minimum absolute atomic E-state index is 0.366. The Morgan fingerprint density at radius 1 is 1.00 bits per heavy atom. The van der Waals surface area contributed by atoms with Crippen molar-refractivity contribution in [2.45, 2.75) is 38.3 Å². The maximum Gasteiger partial charge on any atom is 0.335 e. The van der Waals surface area contributed by atoms with E-state index in [0.717, 1.165) is 12.1 Å². The number of hydrogen-bond acceptors (Lipinski definition) is 2. The first-order valence-corrected chi connectivity index (χ1v) is 8.83. The summed E-state index contributed by atoms with van der Waals surface area (Å²) in [5.74, 6) is 0.532. The summed E-state index contributed by atoms with van der Waals surface area (Å²) in [7, 11) is 0. The second kappa shape index (κ2) is 6.40. The van der Waals surface area contributed by atoms with Crippen LogP contribution in [0, 0.1) is 11.8 Å². The third-order valence-electron chi connectivity index (χ3n) is 5.72. The second-order valence-electron chi connectivity index (χ2n) is 7.19. The molecule has 2 aromatic carbocycles. The van der Waals surface area contributed by atoms with Crippen molar-refractivity contribution in [3.05, 3.63) is 70.8 Å². The zero-order valence-electron chi connectivity index (χ0n) is 13.7. The van der Waals surface area contributed by atoms with Crippen molar-refractivity contribution < 1.29 is 9.90 Å². The molecule has 1 saturated carbocycles. The normalized spacial score (nSPS) is 25.1. The third-order valence-corrected chi connectivity index (χ3v) is 5.72. The number of fused-ring (bicyclic) bond motifs is 3. The zero-order chi connectivity index (χ0) is 16.5. The summed E-state index contributed by atoms with van der Waals surface area (Å²) in [4.78, 5) is 11.1. The van der Waals surface area contributed by atoms with Crippen LogP contribution in [0.5, 0.6) is 0 Å². The molecule has 1 fully saturated rings. The molecule has 0 aliphatic heterocycles. The number of carbonyl (C=O) groups is 1. The summed E-state index contributed by atoms with van der Waals surface area (Å²) in [6.07, 6.45) is 4.93. The van der Waals surface area contributed by atoms with Crippen LogP contribution in [0.1, 0.15) is 39.9 Å². The summed E-state index contributed by atoms with van der Waals surface area (Å²) in [5, 5.41) is 12.9. The van der Waals surface area contributed by atoms with Gasteiger partial charge in [0.1, 0.15) is 0 Å². The van der Waals surface area contributed by atoms with Crippen LogP contribution in [0.2, 0.25) is 0 Å². The molecule has 4 rings (SSSR count). The van der Waals surface area contributed by atoms with Gasteiger partial charge in [0.15, 0.2) is 0 Å². The van der Waals surface area contributed by atoms with Crippen molar-refractivity contribution >= 4 is 5.97 Å². The van der Waals surface area contributed by atoms with Crippen molar-refractivity contribution in [1.82, 2.24) is 5.32 Å². The molecule has 0 aromatic heterocycles. The van der Waals surface area contributed by atoms with Crippen LogP contribution < -0.4 is 5.32 Å². The SMILES string of the molecule is O=C(O)c1cccc(CNC2C3CCC2Cc2ccccc2C3)c1. The maximum absolute atomic E-state index is 11.1. The molecule has 2 atom stereocenters. The smallest absolute Gasteiger partial charge is 0.335 e. The van der Waals surface area contributed by atoms with Crippen molar-refractivity contribution in [3.63, 3.8) is 0 Å². The molecule has 0 heterocycles. The molecule has 0 saturated heterocycles. The number of benzene rings is 2. The molecule has 2 aliphatic rings. The molecule has 3 heteroatoms. The van der Waals surface area contributed by atoms with E-state index in [1.807, 2.05) is 12.1 Å². The fourth-order valence-corrected chi connectivity index (χ4v) is 4.53. The Balaban J connectivity index is 1.48. The standard InChI is InChI=1S/C21H23NO2/c23-21(24)19-7-3-4-14(10-19)13-22-20-17-8-9-18(20)12-16-6-2-1-5-15(16)11-17/h1-7,10,17-18,20,22H,8-9,11-13H2,(H,23,24). The maximum atomic E-state index is 11.1. The van der Waals surface area contributed by atoms with Gasteiger partial charge < -0.3 is 10.4 Å². The van der Waals surface area contributed by atoms with Gasteiger partial charge in [-0.1, -0.05) is 36.4 Å². The lowest BCUT2D eigenvalue weighted by Crippen LogP contribution is -2.37. The fraction of sp³-hybridized carbons (Fsp3) is 0.381. The third kappa shape index (κ3) is 2.96. The molecule has 24 heavy (non-hydrogen) atoms. The Morgan fingerprint density at radius 2 is 1.67 bits per heavy atom. The first-order chi connectivity index (χ1) is 11.7. The highest BCUT2D eigenvalue weighted by Gasteiger charge is 2.38. The molecule has 2 N–H and O–H groups in total. The van der Waals surface area contributed by atoms with Crippen LogP contribution in [0.15, 0.2) is 48.5 Å². The van der Waals surface area contributed by atoms with Gasteiger partial charge in [-0.05, 0) is 66.3 Å². The quantitative estimate of drug-likeness (QED) is 0.903. The van der Waals surface area contributed by atoms with Crippen LogP contribution in [0.3, 0.4) is 0 Å². The summed E-state index contributed by atoms with van der Waals surface area (Å²) < 4.78 is 0.